The summed E-state index contributed by atoms with van der Waals surface area (Å²) in [7, 11) is -3.08. The Morgan fingerprint density at radius 2 is 1.96 bits per heavy atom. The van der Waals surface area contributed by atoms with Crippen LogP contribution in [0.3, 0.4) is 0 Å². The Labute approximate surface area is 164 Å². The third-order valence-electron chi connectivity index (χ3n) is 4.56. The van der Waals surface area contributed by atoms with Crippen LogP contribution in [0, 0.1) is 0 Å². The Hall–Kier alpha value is -2.05. The van der Waals surface area contributed by atoms with Gasteiger partial charge in [-0.1, -0.05) is 41.9 Å². The zero-order valence-electron chi connectivity index (χ0n) is 15.1. The van der Waals surface area contributed by atoms with Gasteiger partial charge in [0.1, 0.15) is 5.75 Å². The first-order valence-corrected chi connectivity index (χ1v) is 10.9. The third kappa shape index (κ3) is 5.47. The Bertz CT molecular complexity index is 930. The molecule has 1 fully saturated rings. The fourth-order valence-electron chi connectivity index (χ4n) is 3.27. The minimum Gasteiger partial charge on any atom is -0.483 e. The lowest BCUT2D eigenvalue weighted by atomic mass is 10.0. The highest BCUT2D eigenvalue weighted by Gasteiger charge is 2.39. The van der Waals surface area contributed by atoms with Crippen molar-refractivity contribution in [2.45, 2.75) is 25.3 Å². The molecule has 1 aliphatic heterocycles. The number of carbonyl (C=O) groups excluding carboxylic acids is 1. The smallest absolute Gasteiger partial charge is 0.258 e. The Balaban J connectivity index is 1.65. The van der Waals surface area contributed by atoms with Crippen molar-refractivity contribution in [3.8, 4) is 5.75 Å². The van der Waals surface area contributed by atoms with Crippen LogP contribution < -0.4 is 10.1 Å². The average Bonchev–Trinajstić information content (AvgIpc) is 2.88. The summed E-state index contributed by atoms with van der Waals surface area (Å²) in [6, 6.07) is 15.2. The summed E-state index contributed by atoms with van der Waals surface area (Å²) < 4.78 is 29.0. The molecule has 0 radical (unpaired) electrons. The number of hydrogen-bond donors (Lipinski definition) is 1. The number of nitrogens with one attached hydrogen (secondary N) is 1. The molecule has 0 bridgehead atoms. The number of rotatable bonds is 6. The fraction of sp³-hybridized carbons (Fsp3) is 0.350. The molecule has 0 unspecified atom stereocenters. The number of hydrogen-bond acceptors (Lipinski definition) is 4. The molecule has 27 heavy (non-hydrogen) atoms. The number of amides is 1. The van der Waals surface area contributed by atoms with Crippen LogP contribution in [-0.4, -0.2) is 38.0 Å². The van der Waals surface area contributed by atoms with Crippen molar-refractivity contribution < 1.29 is 17.9 Å². The van der Waals surface area contributed by atoms with Crippen molar-refractivity contribution in [2.24, 2.45) is 0 Å². The van der Waals surface area contributed by atoms with E-state index in [1.807, 2.05) is 36.4 Å². The van der Waals surface area contributed by atoms with Gasteiger partial charge in [0.05, 0.1) is 17.0 Å². The zero-order valence-corrected chi connectivity index (χ0v) is 16.6. The average molecular weight is 408 g/mol. The minimum atomic E-state index is -3.08. The second-order valence-corrected chi connectivity index (χ2v) is 9.77. The lowest BCUT2D eigenvalue weighted by molar-refractivity contribution is -0.124. The number of benzene rings is 2. The van der Waals surface area contributed by atoms with E-state index in [0.717, 1.165) is 11.1 Å². The van der Waals surface area contributed by atoms with Crippen molar-refractivity contribution in [2.75, 3.05) is 18.1 Å². The van der Waals surface area contributed by atoms with Crippen molar-refractivity contribution in [3.05, 3.63) is 64.7 Å². The van der Waals surface area contributed by atoms with Crippen LogP contribution in [-0.2, 0) is 21.1 Å². The van der Waals surface area contributed by atoms with Crippen molar-refractivity contribution in [1.82, 2.24) is 5.32 Å². The molecule has 0 spiro atoms. The molecule has 1 atom stereocenters. The lowest BCUT2D eigenvalue weighted by Gasteiger charge is -2.24. The number of ether oxygens (including phenoxy) is 1. The van der Waals surface area contributed by atoms with Crippen LogP contribution in [0.25, 0.3) is 0 Å². The molecule has 144 valence electrons. The van der Waals surface area contributed by atoms with Crippen LogP contribution >= 0.6 is 11.6 Å². The predicted molar refractivity (Wildman–Crippen MR) is 106 cm³/mol. The van der Waals surface area contributed by atoms with Crippen LogP contribution in [0.1, 0.15) is 24.5 Å². The molecule has 1 heterocycles. The highest BCUT2D eigenvalue weighted by molar-refractivity contribution is 7.91. The van der Waals surface area contributed by atoms with E-state index in [2.05, 4.69) is 5.32 Å². The normalized spacial score (nSPS) is 21.0. The van der Waals surface area contributed by atoms with Gasteiger partial charge in [-0.15, -0.1) is 0 Å². The summed E-state index contributed by atoms with van der Waals surface area (Å²) in [6.07, 6.45) is 1.05. The van der Waals surface area contributed by atoms with Crippen molar-refractivity contribution in [1.29, 1.82) is 0 Å². The summed E-state index contributed by atoms with van der Waals surface area (Å²) in [4.78, 5) is 12.3. The Morgan fingerprint density at radius 1 is 1.22 bits per heavy atom. The SMILES string of the molecule is C[C@]1(NC(=O)COc2ccc(Cl)cc2Cc2ccccc2)CCS(=O)(=O)C1. The molecule has 7 heteroatoms. The predicted octanol–water partition coefficient (Wildman–Crippen LogP) is 3.00. The first-order chi connectivity index (χ1) is 12.7. The van der Waals surface area contributed by atoms with Gasteiger partial charge < -0.3 is 10.1 Å². The summed E-state index contributed by atoms with van der Waals surface area (Å²) >= 11 is 6.11. The summed E-state index contributed by atoms with van der Waals surface area (Å²) in [5.41, 5.74) is 1.26. The van der Waals surface area contributed by atoms with E-state index in [-0.39, 0.29) is 24.0 Å². The van der Waals surface area contributed by atoms with Gasteiger partial charge in [-0.25, -0.2) is 8.42 Å². The molecule has 0 aromatic heterocycles. The number of carbonyl (C=O) groups is 1. The van der Waals surface area contributed by atoms with Crippen molar-refractivity contribution in [3.63, 3.8) is 0 Å². The van der Waals surface area contributed by atoms with E-state index in [1.165, 1.54) is 0 Å². The van der Waals surface area contributed by atoms with Gasteiger partial charge in [0.15, 0.2) is 16.4 Å². The number of sulfone groups is 1. The molecule has 0 aliphatic carbocycles. The van der Waals surface area contributed by atoms with E-state index in [4.69, 9.17) is 16.3 Å². The van der Waals surface area contributed by atoms with Crippen LogP contribution in [0.4, 0.5) is 0 Å². The van der Waals surface area contributed by atoms with E-state index in [1.54, 1.807) is 19.1 Å². The minimum absolute atomic E-state index is 0.0358. The second-order valence-electron chi connectivity index (χ2n) is 7.15. The molecular formula is C20H22ClNO4S. The largest absolute Gasteiger partial charge is 0.483 e. The van der Waals surface area contributed by atoms with Gasteiger partial charge >= 0.3 is 0 Å². The number of halogens is 1. The molecule has 1 amide bonds. The maximum Gasteiger partial charge on any atom is 0.258 e. The van der Waals surface area contributed by atoms with E-state index < -0.39 is 15.4 Å². The summed E-state index contributed by atoms with van der Waals surface area (Å²) in [5.74, 6) is 0.312. The van der Waals surface area contributed by atoms with Crippen molar-refractivity contribution >= 4 is 27.3 Å². The molecule has 0 saturated carbocycles. The Morgan fingerprint density at radius 3 is 2.63 bits per heavy atom. The molecule has 1 aliphatic rings. The monoisotopic (exact) mass is 407 g/mol. The standard InChI is InChI=1S/C20H22ClNO4S/c1-20(9-10-27(24,25)14-20)22-19(23)13-26-18-8-7-17(21)12-16(18)11-15-5-3-2-4-6-15/h2-8,12H,9-11,13-14H2,1H3,(H,22,23)/t20-/m0/s1. The van der Waals surface area contributed by atoms with Gasteiger partial charge in [-0.3, -0.25) is 4.79 Å². The van der Waals surface area contributed by atoms with Gasteiger partial charge in [-0.05, 0) is 42.7 Å². The van der Waals surface area contributed by atoms with Crippen LogP contribution in [0.2, 0.25) is 5.02 Å². The maximum atomic E-state index is 12.3. The summed E-state index contributed by atoms with van der Waals surface area (Å²) in [6.45, 7) is 1.57. The van der Waals surface area contributed by atoms with Crippen LogP contribution in [0.5, 0.6) is 5.75 Å². The molecule has 2 aromatic rings. The summed E-state index contributed by atoms with van der Waals surface area (Å²) in [5, 5.41) is 3.39. The van der Waals surface area contributed by atoms with Gasteiger partial charge in [0.25, 0.3) is 5.91 Å². The van der Waals surface area contributed by atoms with Gasteiger partial charge in [0, 0.05) is 11.4 Å². The quantitative estimate of drug-likeness (QED) is 0.798. The maximum absolute atomic E-state index is 12.3. The lowest BCUT2D eigenvalue weighted by Crippen LogP contribution is -2.48. The third-order valence-corrected chi connectivity index (χ3v) is 6.70. The highest BCUT2D eigenvalue weighted by Crippen LogP contribution is 2.26. The molecule has 1 N–H and O–H groups in total. The first-order valence-electron chi connectivity index (χ1n) is 8.71. The molecular weight excluding hydrogens is 386 g/mol. The molecule has 5 nitrogen and oxygen atoms in total. The fourth-order valence-corrected chi connectivity index (χ4v) is 5.56. The van der Waals surface area contributed by atoms with Gasteiger partial charge in [0.2, 0.25) is 0 Å². The van der Waals surface area contributed by atoms with Gasteiger partial charge in [-0.2, -0.15) is 0 Å². The van der Waals surface area contributed by atoms with E-state index in [0.29, 0.717) is 23.6 Å². The Kier molecular flexibility index (Phi) is 5.77. The zero-order chi connectivity index (χ0) is 19.5. The molecule has 2 aromatic carbocycles. The van der Waals surface area contributed by atoms with E-state index >= 15 is 0 Å². The second kappa shape index (κ2) is 7.90. The first kappa shape index (κ1) is 19.7. The topological polar surface area (TPSA) is 72.5 Å². The van der Waals surface area contributed by atoms with Crippen LogP contribution in [0.15, 0.2) is 48.5 Å². The molecule has 3 rings (SSSR count). The highest BCUT2D eigenvalue weighted by atomic mass is 35.5. The van der Waals surface area contributed by atoms with E-state index in [9.17, 15) is 13.2 Å². The molecule has 1 saturated heterocycles.